The molecule has 0 spiro atoms. The Bertz CT molecular complexity index is 719. The standard InChI is InChI=1S/C17H19ClN4O2/c1-11(12-6-8-13(9-7-12)22-17(19)24)21-16(23)10-20-15-5-3-2-4-14(15)18/h2-9,11,20H,10H2,1H3,(H,21,23)(H3,19,22,24). The molecule has 0 bridgehead atoms. The van der Waals surface area contributed by atoms with Crippen LogP contribution in [0.1, 0.15) is 18.5 Å². The molecule has 0 aliphatic carbocycles. The molecule has 0 saturated carbocycles. The highest BCUT2D eigenvalue weighted by atomic mass is 35.5. The summed E-state index contributed by atoms with van der Waals surface area (Å²) in [6.07, 6.45) is 0. The zero-order valence-corrected chi connectivity index (χ0v) is 13.9. The average Bonchev–Trinajstić information content (AvgIpc) is 2.54. The lowest BCUT2D eigenvalue weighted by molar-refractivity contribution is -0.120. The summed E-state index contributed by atoms with van der Waals surface area (Å²) in [6.45, 7) is 2.00. The van der Waals surface area contributed by atoms with Gasteiger partial charge in [-0.15, -0.1) is 0 Å². The molecule has 0 aliphatic rings. The fourth-order valence-electron chi connectivity index (χ4n) is 2.15. The first kappa shape index (κ1) is 17.6. The molecule has 0 aromatic heterocycles. The number of halogens is 1. The van der Waals surface area contributed by atoms with Crippen molar-refractivity contribution in [2.45, 2.75) is 13.0 Å². The first-order chi connectivity index (χ1) is 11.5. The second-order valence-electron chi connectivity index (χ2n) is 5.23. The molecule has 126 valence electrons. The molecule has 5 N–H and O–H groups in total. The number of nitrogens with one attached hydrogen (secondary N) is 3. The molecule has 24 heavy (non-hydrogen) atoms. The maximum absolute atomic E-state index is 12.0. The second kappa shape index (κ2) is 8.21. The van der Waals surface area contributed by atoms with Gasteiger partial charge in [0.05, 0.1) is 23.3 Å². The zero-order chi connectivity index (χ0) is 17.5. The van der Waals surface area contributed by atoms with Gasteiger partial charge in [-0.3, -0.25) is 4.79 Å². The van der Waals surface area contributed by atoms with Crippen LogP contribution in [0.4, 0.5) is 16.2 Å². The van der Waals surface area contributed by atoms with Crippen molar-refractivity contribution in [3.8, 4) is 0 Å². The molecular weight excluding hydrogens is 328 g/mol. The molecule has 2 aromatic carbocycles. The fourth-order valence-corrected chi connectivity index (χ4v) is 2.36. The lowest BCUT2D eigenvalue weighted by Crippen LogP contribution is -2.32. The minimum Gasteiger partial charge on any atom is -0.375 e. The molecular formula is C17H19ClN4O2. The van der Waals surface area contributed by atoms with Crippen LogP contribution in [0.2, 0.25) is 5.02 Å². The molecule has 1 atom stereocenters. The van der Waals surface area contributed by atoms with Crippen molar-refractivity contribution in [3.63, 3.8) is 0 Å². The first-order valence-corrected chi connectivity index (χ1v) is 7.77. The number of nitrogens with two attached hydrogens (primary N) is 1. The van der Waals surface area contributed by atoms with E-state index in [0.29, 0.717) is 16.4 Å². The summed E-state index contributed by atoms with van der Waals surface area (Å²) in [5.74, 6) is -0.151. The summed E-state index contributed by atoms with van der Waals surface area (Å²) in [7, 11) is 0. The Kier molecular flexibility index (Phi) is 6.03. The van der Waals surface area contributed by atoms with Crippen LogP contribution in [-0.4, -0.2) is 18.5 Å². The molecule has 0 aliphatic heterocycles. The van der Waals surface area contributed by atoms with E-state index in [1.807, 2.05) is 37.3 Å². The van der Waals surface area contributed by atoms with Gasteiger partial charge >= 0.3 is 6.03 Å². The van der Waals surface area contributed by atoms with E-state index in [0.717, 1.165) is 5.56 Å². The van der Waals surface area contributed by atoms with E-state index in [9.17, 15) is 9.59 Å². The van der Waals surface area contributed by atoms with E-state index in [1.165, 1.54) is 0 Å². The first-order valence-electron chi connectivity index (χ1n) is 7.40. The molecule has 0 radical (unpaired) electrons. The second-order valence-corrected chi connectivity index (χ2v) is 5.64. The molecule has 6 nitrogen and oxygen atoms in total. The average molecular weight is 347 g/mol. The lowest BCUT2D eigenvalue weighted by Gasteiger charge is -2.16. The van der Waals surface area contributed by atoms with Crippen molar-refractivity contribution >= 4 is 34.9 Å². The van der Waals surface area contributed by atoms with Crippen LogP contribution < -0.4 is 21.7 Å². The minimum atomic E-state index is -0.616. The van der Waals surface area contributed by atoms with Gasteiger partial charge in [0.2, 0.25) is 5.91 Å². The van der Waals surface area contributed by atoms with Crippen LogP contribution in [0.5, 0.6) is 0 Å². The number of anilines is 2. The van der Waals surface area contributed by atoms with Gasteiger partial charge in [-0.2, -0.15) is 0 Å². The number of urea groups is 1. The molecule has 3 amide bonds. The van der Waals surface area contributed by atoms with Gasteiger partial charge in [-0.1, -0.05) is 35.9 Å². The zero-order valence-electron chi connectivity index (χ0n) is 13.2. The number of rotatable bonds is 6. The van der Waals surface area contributed by atoms with E-state index in [-0.39, 0.29) is 18.5 Å². The summed E-state index contributed by atoms with van der Waals surface area (Å²) in [4.78, 5) is 22.8. The summed E-state index contributed by atoms with van der Waals surface area (Å²) >= 11 is 6.03. The Hall–Kier alpha value is -2.73. The highest BCUT2D eigenvalue weighted by Gasteiger charge is 2.10. The largest absolute Gasteiger partial charge is 0.375 e. The van der Waals surface area contributed by atoms with Crippen molar-refractivity contribution in [2.24, 2.45) is 5.73 Å². The molecule has 0 fully saturated rings. The Labute approximate surface area is 145 Å². The summed E-state index contributed by atoms with van der Waals surface area (Å²) in [5.41, 5.74) is 7.28. The summed E-state index contributed by atoms with van der Waals surface area (Å²) in [5, 5.41) is 8.93. The molecule has 2 aromatic rings. The monoisotopic (exact) mass is 346 g/mol. The maximum Gasteiger partial charge on any atom is 0.316 e. The summed E-state index contributed by atoms with van der Waals surface area (Å²) < 4.78 is 0. The number of benzene rings is 2. The molecule has 2 rings (SSSR count). The summed E-state index contributed by atoms with van der Waals surface area (Å²) in [6, 6.07) is 13.5. The van der Waals surface area contributed by atoms with Gasteiger partial charge in [0.1, 0.15) is 0 Å². The number of para-hydroxylation sites is 1. The van der Waals surface area contributed by atoms with Crippen LogP contribution >= 0.6 is 11.6 Å². The quantitative estimate of drug-likeness (QED) is 0.647. The highest BCUT2D eigenvalue weighted by Crippen LogP contribution is 2.20. The number of hydrogen-bond donors (Lipinski definition) is 4. The number of carbonyl (C=O) groups is 2. The predicted octanol–water partition coefficient (Wildman–Crippen LogP) is 3.12. The van der Waals surface area contributed by atoms with Crippen LogP contribution in [0.3, 0.4) is 0 Å². The Morgan fingerprint density at radius 2 is 1.79 bits per heavy atom. The van der Waals surface area contributed by atoms with Gasteiger partial charge in [0, 0.05) is 5.69 Å². The molecule has 1 unspecified atom stereocenters. The van der Waals surface area contributed by atoms with Gasteiger partial charge in [0.15, 0.2) is 0 Å². The predicted molar refractivity (Wildman–Crippen MR) is 96.1 cm³/mol. The van der Waals surface area contributed by atoms with E-state index in [4.69, 9.17) is 17.3 Å². The van der Waals surface area contributed by atoms with Crippen LogP contribution in [0, 0.1) is 0 Å². The van der Waals surface area contributed by atoms with E-state index in [2.05, 4.69) is 16.0 Å². The fraction of sp³-hybridized carbons (Fsp3) is 0.176. The van der Waals surface area contributed by atoms with Gasteiger partial charge in [-0.25, -0.2) is 4.79 Å². The maximum atomic E-state index is 12.0. The Morgan fingerprint density at radius 1 is 1.12 bits per heavy atom. The van der Waals surface area contributed by atoms with Crippen LogP contribution in [0.15, 0.2) is 48.5 Å². The Balaban J connectivity index is 1.87. The van der Waals surface area contributed by atoms with Crippen molar-refractivity contribution in [1.82, 2.24) is 5.32 Å². The van der Waals surface area contributed by atoms with Crippen LogP contribution in [0.25, 0.3) is 0 Å². The normalized spacial score (nSPS) is 11.4. The number of primary amides is 1. The third-order valence-electron chi connectivity index (χ3n) is 3.37. The molecule has 0 heterocycles. The smallest absolute Gasteiger partial charge is 0.316 e. The minimum absolute atomic E-state index is 0.120. The van der Waals surface area contributed by atoms with E-state index >= 15 is 0 Å². The van der Waals surface area contributed by atoms with Crippen molar-refractivity contribution < 1.29 is 9.59 Å². The van der Waals surface area contributed by atoms with E-state index in [1.54, 1.807) is 18.2 Å². The van der Waals surface area contributed by atoms with Crippen molar-refractivity contribution in [3.05, 3.63) is 59.1 Å². The SMILES string of the molecule is CC(NC(=O)CNc1ccccc1Cl)c1ccc(NC(N)=O)cc1. The van der Waals surface area contributed by atoms with Gasteiger partial charge in [-0.05, 0) is 36.8 Å². The number of hydrogen-bond acceptors (Lipinski definition) is 3. The third-order valence-corrected chi connectivity index (χ3v) is 3.70. The topological polar surface area (TPSA) is 96.2 Å². The third kappa shape index (κ3) is 5.17. The Morgan fingerprint density at radius 3 is 2.42 bits per heavy atom. The van der Waals surface area contributed by atoms with Crippen molar-refractivity contribution in [2.75, 3.05) is 17.2 Å². The number of carbonyl (C=O) groups excluding carboxylic acids is 2. The lowest BCUT2D eigenvalue weighted by atomic mass is 10.1. The van der Waals surface area contributed by atoms with Gasteiger partial charge in [0.25, 0.3) is 0 Å². The number of amides is 3. The van der Waals surface area contributed by atoms with Crippen molar-refractivity contribution in [1.29, 1.82) is 0 Å². The van der Waals surface area contributed by atoms with Crippen LogP contribution in [-0.2, 0) is 4.79 Å². The molecule has 7 heteroatoms. The molecule has 0 saturated heterocycles. The highest BCUT2D eigenvalue weighted by molar-refractivity contribution is 6.33. The van der Waals surface area contributed by atoms with Gasteiger partial charge < -0.3 is 21.7 Å². The van der Waals surface area contributed by atoms with E-state index < -0.39 is 6.03 Å².